The average molecular weight is 448 g/mol. The Morgan fingerprint density at radius 1 is 1.21 bits per heavy atom. The van der Waals surface area contributed by atoms with Gasteiger partial charge in [-0.1, -0.05) is 35.9 Å². The summed E-state index contributed by atoms with van der Waals surface area (Å²) in [5.41, 5.74) is 1.55. The maximum absolute atomic E-state index is 13.0. The summed E-state index contributed by atoms with van der Waals surface area (Å²) in [5.74, 6) is -0.837. The molecule has 11 heteroatoms. The molecule has 0 radical (unpaired) electrons. The van der Waals surface area contributed by atoms with Crippen LogP contribution in [0.5, 0.6) is 0 Å². The molecular formula is C18H17ClF3N3O3S. The number of alkyl halides is 3. The van der Waals surface area contributed by atoms with Gasteiger partial charge in [0.15, 0.2) is 0 Å². The van der Waals surface area contributed by atoms with Crippen LogP contribution >= 0.6 is 11.6 Å². The fourth-order valence-electron chi connectivity index (χ4n) is 2.45. The van der Waals surface area contributed by atoms with Gasteiger partial charge in [0.05, 0.1) is 23.7 Å². The average Bonchev–Trinajstić information content (AvgIpc) is 2.61. The van der Waals surface area contributed by atoms with Crippen molar-refractivity contribution in [3.05, 3.63) is 64.2 Å². The Labute approximate surface area is 171 Å². The van der Waals surface area contributed by atoms with Gasteiger partial charge in [-0.2, -0.15) is 18.3 Å². The third-order valence-corrected chi connectivity index (χ3v) is 5.39. The molecule has 0 aromatic heterocycles. The highest BCUT2D eigenvalue weighted by Gasteiger charge is 2.32. The molecule has 29 heavy (non-hydrogen) atoms. The van der Waals surface area contributed by atoms with Gasteiger partial charge in [0.2, 0.25) is 10.0 Å². The predicted molar refractivity (Wildman–Crippen MR) is 106 cm³/mol. The summed E-state index contributed by atoms with van der Waals surface area (Å²) in [4.78, 5) is 12.2. The van der Waals surface area contributed by atoms with E-state index in [-0.39, 0.29) is 11.3 Å². The summed E-state index contributed by atoms with van der Waals surface area (Å²) in [5, 5.41) is 3.83. The second kappa shape index (κ2) is 8.83. The van der Waals surface area contributed by atoms with Crippen molar-refractivity contribution < 1.29 is 26.4 Å². The molecular weight excluding hydrogens is 431 g/mol. The molecule has 0 atom stereocenters. The lowest BCUT2D eigenvalue weighted by Gasteiger charge is -2.23. The van der Waals surface area contributed by atoms with E-state index in [1.165, 1.54) is 30.3 Å². The lowest BCUT2D eigenvalue weighted by Crippen LogP contribution is -2.39. The van der Waals surface area contributed by atoms with E-state index in [1.54, 1.807) is 13.0 Å². The summed E-state index contributed by atoms with van der Waals surface area (Å²) in [7, 11) is -3.84. The first-order chi connectivity index (χ1) is 13.4. The maximum atomic E-state index is 13.0. The number of sulfonamides is 1. The number of nitrogens with zero attached hydrogens (tertiary/aromatic N) is 2. The van der Waals surface area contributed by atoms with E-state index in [0.29, 0.717) is 10.6 Å². The standard InChI is InChI=1S/C18H17ClF3N3O3S/c1-12-15(19)8-5-9-16(12)25(29(2,27)28)11-17(26)24-23-10-13-6-3-4-7-14(13)18(20,21)22/h3-10H,11H2,1-2H3,(H,24,26)/b23-10+. The molecule has 0 aliphatic rings. The topological polar surface area (TPSA) is 78.8 Å². The van der Waals surface area contributed by atoms with Crippen LogP contribution in [-0.2, 0) is 21.0 Å². The third-order valence-electron chi connectivity index (χ3n) is 3.85. The number of hydrazone groups is 1. The fourth-order valence-corrected chi connectivity index (χ4v) is 3.53. The monoisotopic (exact) mass is 447 g/mol. The van der Waals surface area contributed by atoms with E-state index >= 15 is 0 Å². The lowest BCUT2D eigenvalue weighted by atomic mass is 10.1. The highest BCUT2D eigenvalue weighted by Crippen LogP contribution is 2.31. The van der Waals surface area contributed by atoms with Crippen LogP contribution in [0.15, 0.2) is 47.6 Å². The molecule has 2 aromatic rings. The van der Waals surface area contributed by atoms with E-state index in [9.17, 15) is 26.4 Å². The molecule has 0 spiro atoms. The van der Waals surface area contributed by atoms with E-state index in [0.717, 1.165) is 22.8 Å². The van der Waals surface area contributed by atoms with Crippen molar-refractivity contribution in [3.8, 4) is 0 Å². The zero-order valence-electron chi connectivity index (χ0n) is 15.4. The molecule has 0 fully saturated rings. The van der Waals surface area contributed by atoms with Crippen molar-refractivity contribution in [3.63, 3.8) is 0 Å². The van der Waals surface area contributed by atoms with Gasteiger partial charge in [0.1, 0.15) is 6.54 Å². The molecule has 0 aliphatic heterocycles. The smallest absolute Gasteiger partial charge is 0.271 e. The molecule has 0 bridgehead atoms. The quantitative estimate of drug-likeness (QED) is 0.543. The largest absolute Gasteiger partial charge is 0.417 e. The maximum Gasteiger partial charge on any atom is 0.417 e. The fraction of sp³-hybridized carbons (Fsp3) is 0.222. The number of halogens is 4. The summed E-state index contributed by atoms with van der Waals surface area (Å²) in [6, 6.07) is 9.30. The highest BCUT2D eigenvalue weighted by atomic mass is 35.5. The molecule has 0 heterocycles. The first kappa shape index (κ1) is 22.7. The second-order valence-electron chi connectivity index (χ2n) is 6.03. The number of hydrogen-bond acceptors (Lipinski definition) is 4. The SMILES string of the molecule is Cc1c(Cl)cccc1N(CC(=O)N/N=C/c1ccccc1C(F)(F)F)S(C)(=O)=O. The Kier molecular flexibility index (Phi) is 6.91. The van der Waals surface area contributed by atoms with Crippen molar-refractivity contribution in [2.75, 3.05) is 17.1 Å². The number of carbonyl (C=O) groups excluding carboxylic acids is 1. The minimum absolute atomic E-state index is 0.210. The molecule has 156 valence electrons. The Bertz CT molecular complexity index is 1040. The number of hydrogen-bond donors (Lipinski definition) is 1. The third kappa shape index (κ3) is 5.94. The van der Waals surface area contributed by atoms with Crippen molar-refractivity contribution in [2.45, 2.75) is 13.1 Å². The van der Waals surface area contributed by atoms with E-state index in [2.05, 4.69) is 5.10 Å². The van der Waals surface area contributed by atoms with Crippen LogP contribution in [0.4, 0.5) is 18.9 Å². The Morgan fingerprint density at radius 2 is 1.86 bits per heavy atom. The molecule has 0 unspecified atom stereocenters. The van der Waals surface area contributed by atoms with Crippen molar-refractivity contribution in [1.82, 2.24) is 5.43 Å². The molecule has 6 nitrogen and oxygen atoms in total. The van der Waals surface area contributed by atoms with Crippen LogP contribution in [0.1, 0.15) is 16.7 Å². The van der Waals surface area contributed by atoms with E-state index < -0.39 is 34.2 Å². The summed E-state index contributed by atoms with van der Waals surface area (Å²) in [6.45, 7) is 0.970. The minimum atomic E-state index is -4.58. The number of nitrogens with one attached hydrogen (secondary N) is 1. The van der Waals surface area contributed by atoms with Crippen molar-refractivity contribution >= 4 is 39.4 Å². The summed E-state index contributed by atoms with van der Waals surface area (Å²) >= 11 is 6.01. The van der Waals surface area contributed by atoms with Gasteiger partial charge in [-0.05, 0) is 30.7 Å². The number of amides is 1. The predicted octanol–water partition coefficient (Wildman–Crippen LogP) is 3.58. The Balaban J connectivity index is 2.19. The first-order valence-corrected chi connectivity index (χ1v) is 10.3. The van der Waals surface area contributed by atoms with E-state index in [1.807, 2.05) is 5.43 Å². The molecule has 0 saturated carbocycles. The molecule has 0 aliphatic carbocycles. The molecule has 2 rings (SSSR count). The normalized spacial score (nSPS) is 12.2. The van der Waals surface area contributed by atoms with Gasteiger partial charge in [0.25, 0.3) is 5.91 Å². The second-order valence-corrected chi connectivity index (χ2v) is 8.35. The number of carbonyl (C=O) groups is 1. The van der Waals surface area contributed by atoms with Crippen LogP contribution in [0.2, 0.25) is 5.02 Å². The minimum Gasteiger partial charge on any atom is -0.271 e. The van der Waals surface area contributed by atoms with Gasteiger partial charge in [0, 0.05) is 10.6 Å². The van der Waals surface area contributed by atoms with Gasteiger partial charge < -0.3 is 0 Å². The van der Waals surface area contributed by atoms with Crippen molar-refractivity contribution in [1.29, 1.82) is 0 Å². The Hall–Kier alpha value is -2.59. The molecule has 2 aromatic carbocycles. The van der Waals surface area contributed by atoms with Crippen molar-refractivity contribution in [2.24, 2.45) is 5.10 Å². The van der Waals surface area contributed by atoms with Gasteiger partial charge in [-0.15, -0.1) is 0 Å². The zero-order valence-corrected chi connectivity index (χ0v) is 16.9. The Morgan fingerprint density at radius 3 is 2.48 bits per heavy atom. The van der Waals surface area contributed by atoms with Gasteiger partial charge in [-0.25, -0.2) is 13.8 Å². The zero-order chi connectivity index (χ0) is 21.8. The van der Waals surface area contributed by atoms with Crippen LogP contribution in [0.3, 0.4) is 0 Å². The number of rotatable bonds is 6. The highest BCUT2D eigenvalue weighted by molar-refractivity contribution is 7.92. The van der Waals surface area contributed by atoms with Gasteiger partial charge in [-0.3, -0.25) is 9.10 Å². The summed E-state index contributed by atoms with van der Waals surface area (Å²) in [6.07, 6.45) is -2.82. The van der Waals surface area contributed by atoms with Crippen LogP contribution in [0.25, 0.3) is 0 Å². The lowest BCUT2D eigenvalue weighted by molar-refractivity contribution is -0.137. The van der Waals surface area contributed by atoms with Crippen LogP contribution in [-0.4, -0.2) is 33.3 Å². The first-order valence-electron chi connectivity index (χ1n) is 8.12. The van der Waals surface area contributed by atoms with Crippen LogP contribution in [0, 0.1) is 6.92 Å². The van der Waals surface area contributed by atoms with Crippen LogP contribution < -0.4 is 9.73 Å². The molecule has 1 amide bonds. The molecule has 1 N–H and O–H groups in total. The van der Waals surface area contributed by atoms with Gasteiger partial charge >= 0.3 is 6.18 Å². The summed E-state index contributed by atoms with van der Waals surface area (Å²) < 4.78 is 64.0. The van der Waals surface area contributed by atoms with E-state index in [4.69, 9.17) is 11.6 Å². The number of anilines is 1. The molecule has 0 saturated heterocycles. The number of benzene rings is 2.